The Balaban J connectivity index is 2.08. The molecule has 3 N–H and O–H groups in total. The molecule has 7 nitrogen and oxygen atoms in total. The quantitative estimate of drug-likeness (QED) is 0.763. The molecule has 3 rings (SSSR count). The normalized spacial score (nSPS) is 11.8. The Hall–Kier alpha value is -2.13. The minimum atomic E-state index is -3.82. The van der Waals surface area contributed by atoms with Crippen molar-refractivity contribution in [2.45, 2.75) is 11.9 Å². The third-order valence-corrected chi connectivity index (χ3v) is 4.80. The molecule has 0 aliphatic rings. The summed E-state index contributed by atoms with van der Waals surface area (Å²) in [5, 5.41) is 1.69. The van der Waals surface area contributed by atoms with Gasteiger partial charge in [-0.1, -0.05) is 0 Å². The van der Waals surface area contributed by atoms with Gasteiger partial charge in [-0.2, -0.15) is 8.42 Å². The Morgan fingerprint density at radius 1 is 1.40 bits per heavy atom. The zero-order valence-corrected chi connectivity index (χ0v) is 12.1. The zero-order chi connectivity index (χ0) is 14.3. The number of anilines is 2. The van der Waals surface area contributed by atoms with Gasteiger partial charge in [0.2, 0.25) is 5.03 Å². The number of hydrogen-bond donors (Lipinski definition) is 2. The van der Waals surface area contributed by atoms with Crippen LogP contribution in [0.3, 0.4) is 0 Å². The lowest BCUT2D eigenvalue weighted by Crippen LogP contribution is -2.16. The van der Waals surface area contributed by atoms with Gasteiger partial charge in [0.25, 0.3) is 10.0 Å². The molecule has 0 unspecified atom stereocenters. The Morgan fingerprint density at radius 3 is 2.95 bits per heavy atom. The molecule has 0 saturated heterocycles. The first-order valence-corrected chi connectivity index (χ1v) is 7.99. The summed E-state index contributed by atoms with van der Waals surface area (Å²) < 4.78 is 28.8. The van der Waals surface area contributed by atoms with Gasteiger partial charge >= 0.3 is 0 Å². The minimum Gasteiger partial charge on any atom is -0.381 e. The smallest absolute Gasteiger partial charge is 0.281 e. The molecule has 0 aliphatic heterocycles. The van der Waals surface area contributed by atoms with Crippen LogP contribution in [0, 0.1) is 6.92 Å². The number of nitrogen functional groups attached to an aromatic ring is 1. The largest absolute Gasteiger partial charge is 0.381 e. The fourth-order valence-corrected chi connectivity index (χ4v) is 3.89. The number of imidazole rings is 1. The molecule has 20 heavy (non-hydrogen) atoms. The van der Waals surface area contributed by atoms with Crippen LogP contribution in [0.4, 0.5) is 11.5 Å². The Labute approximate surface area is 119 Å². The molecule has 0 radical (unpaired) electrons. The lowest BCUT2D eigenvalue weighted by molar-refractivity contribution is 0.597. The molecule has 9 heteroatoms. The minimum absolute atomic E-state index is 0.0232. The summed E-state index contributed by atoms with van der Waals surface area (Å²) in [7, 11) is -3.82. The van der Waals surface area contributed by atoms with E-state index in [2.05, 4.69) is 14.7 Å². The van der Waals surface area contributed by atoms with E-state index in [1.165, 1.54) is 21.9 Å². The molecule has 0 amide bonds. The molecule has 0 aromatic carbocycles. The Kier molecular flexibility index (Phi) is 2.87. The van der Waals surface area contributed by atoms with Crippen LogP contribution in [-0.2, 0) is 10.0 Å². The van der Waals surface area contributed by atoms with E-state index in [0.717, 1.165) is 5.56 Å². The van der Waals surface area contributed by atoms with Crippen molar-refractivity contribution >= 4 is 37.8 Å². The summed E-state index contributed by atoms with van der Waals surface area (Å²) in [5.41, 5.74) is 6.95. The lowest BCUT2D eigenvalue weighted by atomic mass is 10.3. The van der Waals surface area contributed by atoms with E-state index in [4.69, 9.17) is 5.73 Å². The number of nitrogens with one attached hydrogen (secondary N) is 1. The third kappa shape index (κ3) is 2.10. The SMILES string of the molecule is Cc1cncc(NS(=O)(=O)c2c(N)nc3sccn23)c1. The van der Waals surface area contributed by atoms with Gasteiger partial charge in [0.15, 0.2) is 10.8 Å². The van der Waals surface area contributed by atoms with Crippen LogP contribution < -0.4 is 10.5 Å². The predicted octanol–water partition coefficient (Wildman–Crippen LogP) is 1.48. The van der Waals surface area contributed by atoms with Gasteiger partial charge in [0.1, 0.15) is 0 Å². The van der Waals surface area contributed by atoms with Crippen LogP contribution in [0.1, 0.15) is 5.56 Å². The number of nitrogens with two attached hydrogens (primary N) is 1. The summed E-state index contributed by atoms with van der Waals surface area (Å²) in [5.74, 6) is -0.0232. The maximum absolute atomic E-state index is 12.4. The molecule has 3 aromatic heterocycles. The van der Waals surface area contributed by atoms with Gasteiger partial charge in [-0.05, 0) is 18.6 Å². The summed E-state index contributed by atoms with van der Waals surface area (Å²) in [6, 6.07) is 1.69. The number of hydrogen-bond acceptors (Lipinski definition) is 6. The van der Waals surface area contributed by atoms with Gasteiger partial charge < -0.3 is 5.73 Å². The van der Waals surface area contributed by atoms with Crippen molar-refractivity contribution in [3.05, 3.63) is 35.6 Å². The van der Waals surface area contributed by atoms with Crippen molar-refractivity contribution < 1.29 is 8.42 Å². The average Bonchev–Trinajstić information content (AvgIpc) is 2.87. The average molecular weight is 309 g/mol. The molecule has 0 atom stereocenters. The molecule has 0 fully saturated rings. The maximum atomic E-state index is 12.4. The van der Waals surface area contributed by atoms with E-state index in [1.807, 2.05) is 6.92 Å². The van der Waals surface area contributed by atoms with E-state index in [-0.39, 0.29) is 10.8 Å². The van der Waals surface area contributed by atoms with E-state index >= 15 is 0 Å². The molecular formula is C11H11N5O2S2. The second kappa shape index (κ2) is 4.46. The summed E-state index contributed by atoms with van der Waals surface area (Å²) in [6.45, 7) is 1.83. The number of nitrogens with zero attached hydrogens (tertiary/aromatic N) is 3. The van der Waals surface area contributed by atoms with Crippen LogP contribution in [0.25, 0.3) is 4.96 Å². The van der Waals surface area contributed by atoms with Gasteiger partial charge in [-0.15, -0.1) is 11.3 Å². The van der Waals surface area contributed by atoms with Crippen molar-refractivity contribution in [1.29, 1.82) is 0 Å². The monoisotopic (exact) mass is 309 g/mol. The van der Waals surface area contributed by atoms with E-state index in [1.54, 1.807) is 23.8 Å². The molecule has 0 saturated carbocycles. The van der Waals surface area contributed by atoms with Gasteiger partial charge in [-0.3, -0.25) is 14.1 Å². The first-order valence-electron chi connectivity index (χ1n) is 5.63. The molecule has 0 bridgehead atoms. The fourth-order valence-electron chi connectivity index (χ4n) is 1.86. The van der Waals surface area contributed by atoms with E-state index in [0.29, 0.717) is 10.6 Å². The van der Waals surface area contributed by atoms with E-state index < -0.39 is 10.0 Å². The number of pyridine rings is 1. The standard InChI is InChI=1S/C11H11N5O2S2/c1-7-4-8(6-13-5-7)15-20(17,18)10-9(12)14-11-16(10)2-3-19-11/h2-6,15H,12H2,1H3. The van der Waals surface area contributed by atoms with Gasteiger partial charge in [0, 0.05) is 17.8 Å². The van der Waals surface area contributed by atoms with Crippen molar-refractivity contribution in [3.8, 4) is 0 Å². The highest BCUT2D eigenvalue weighted by Crippen LogP contribution is 2.25. The van der Waals surface area contributed by atoms with Gasteiger partial charge in [0.05, 0.1) is 11.9 Å². The Morgan fingerprint density at radius 2 is 2.20 bits per heavy atom. The summed E-state index contributed by atoms with van der Waals surface area (Å²) in [4.78, 5) is 8.50. The maximum Gasteiger partial charge on any atom is 0.281 e. The van der Waals surface area contributed by atoms with Crippen LogP contribution >= 0.6 is 11.3 Å². The summed E-state index contributed by atoms with van der Waals surface area (Å²) in [6.07, 6.45) is 4.70. The highest BCUT2D eigenvalue weighted by Gasteiger charge is 2.24. The zero-order valence-electron chi connectivity index (χ0n) is 10.4. The van der Waals surface area contributed by atoms with Gasteiger partial charge in [-0.25, -0.2) is 4.98 Å². The van der Waals surface area contributed by atoms with Crippen LogP contribution in [0.5, 0.6) is 0 Å². The number of aromatic nitrogens is 3. The van der Waals surface area contributed by atoms with Crippen LogP contribution in [-0.4, -0.2) is 22.8 Å². The summed E-state index contributed by atoms with van der Waals surface area (Å²) >= 11 is 1.31. The molecule has 3 aromatic rings. The number of sulfonamides is 1. The number of thiazole rings is 1. The highest BCUT2D eigenvalue weighted by molar-refractivity contribution is 7.92. The number of aryl methyl sites for hydroxylation is 1. The third-order valence-electron chi connectivity index (χ3n) is 2.63. The molecule has 0 spiro atoms. The lowest BCUT2D eigenvalue weighted by Gasteiger charge is -2.07. The fraction of sp³-hybridized carbons (Fsp3) is 0.0909. The molecular weight excluding hydrogens is 298 g/mol. The first kappa shape index (κ1) is 12.9. The number of fused-ring (bicyclic) bond motifs is 1. The Bertz CT molecular complexity index is 881. The van der Waals surface area contributed by atoms with Crippen LogP contribution in [0.15, 0.2) is 35.1 Å². The predicted molar refractivity (Wildman–Crippen MR) is 77.3 cm³/mol. The first-order chi connectivity index (χ1) is 9.47. The second-order valence-electron chi connectivity index (χ2n) is 4.21. The highest BCUT2D eigenvalue weighted by atomic mass is 32.2. The molecule has 3 heterocycles. The van der Waals surface area contributed by atoms with Crippen molar-refractivity contribution in [1.82, 2.24) is 14.4 Å². The van der Waals surface area contributed by atoms with Crippen LogP contribution in [0.2, 0.25) is 0 Å². The number of rotatable bonds is 3. The molecule has 104 valence electrons. The van der Waals surface area contributed by atoms with Crippen molar-refractivity contribution in [3.63, 3.8) is 0 Å². The van der Waals surface area contributed by atoms with Crippen molar-refractivity contribution in [2.24, 2.45) is 0 Å². The topological polar surface area (TPSA) is 102 Å². The van der Waals surface area contributed by atoms with E-state index in [9.17, 15) is 8.42 Å². The second-order valence-corrected chi connectivity index (χ2v) is 6.68. The molecule has 0 aliphatic carbocycles. The van der Waals surface area contributed by atoms with Crippen molar-refractivity contribution in [2.75, 3.05) is 10.5 Å².